The van der Waals surface area contributed by atoms with Crippen molar-refractivity contribution in [1.29, 1.82) is 0 Å². The third-order valence-electron chi connectivity index (χ3n) is 2.82. The van der Waals surface area contributed by atoms with E-state index in [0.29, 0.717) is 5.92 Å². The van der Waals surface area contributed by atoms with Gasteiger partial charge in [0.25, 0.3) is 0 Å². The molecule has 1 aromatic rings. The summed E-state index contributed by atoms with van der Waals surface area (Å²) >= 11 is 5.84. The average Bonchev–Trinajstić information content (AvgIpc) is 2.53. The van der Waals surface area contributed by atoms with Gasteiger partial charge in [0.1, 0.15) is 0 Å². The summed E-state index contributed by atoms with van der Waals surface area (Å²) in [6, 6.07) is 8.22. The molecule has 2 atom stereocenters. The molecule has 0 spiro atoms. The van der Waals surface area contributed by atoms with Gasteiger partial charge in [0.2, 0.25) is 0 Å². The first-order chi connectivity index (χ1) is 6.27. The molecule has 1 aromatic carbocycles. The monoisotopic (exact) mass is 195 g/mol. The smallest absolute Gasteiger partial charge is 0.0406 e. The molecule has 0 unspecified atom stereocenters. The lowest BCUT2D eigenvalue weighted by atomic mass is 9.90. The second kappa shape index (κ2) is 3.69. The van der Waals surface area contributed by atoms with Crippen LogP contribution in [0.25, 0.3) is 0 Å². The highest BCUT2D eigenvalue weighted by molar-refractivity contribution is 6.30. The highest BCUT2D eigenvalue weighted by Gasteiger charge is 2.23. The van der Waals surface area contributed by atoms with Crippen LogP contribution in [0, 0.1) is 5.92 Å². The van der Waals surface area contributed by atoms with Crippen LogP contribution in [-0.2, 0) is 0 Å². The summed E-state index contributed by atoms with van der Waals surface area (Å²) in [7, 11) is 0. The molecule has 0 amide bonds. The number of nitrogens with one attached hydrogen (secondary N) is 1. The quantitative estimate of drug-likeness (QED) is 0.727. The van der Waals surface area contributed by atoms with E-state index < -0.39 is 0 Å². The Bertz CT molecular complexity index is 281. The van der Waals surface area contributed by atoms with E-state index in [1.165, 1.54) is 5.56 Å². The maximum absolute atomic E-state index is 5.84. The van der Waals surface area contributed by atoms with Crippen LogP contribution in [0.2, 0.25) is 5.02 Å². The molecule has 13 heavy (non-hydrogen) atoms. The molecule has 70 valence electrons. The van der Waals surface area contributed by atoms with Gasteiger partial charge in [-0.25, -0.2) is 0 Å². The van der Waals surface area contributed by atoms with Crippen molar-refractivity contribution in [3.05, 3.63) is 34.9 Å². The molecule has 1 aliphatic heterocycles. The minimum absolute atomic E-state index is 0.664. The van der Waals surface area contributed by atoms with Crippen molar-refractivity contribution in [2.45, 2.75) is 12.8 Å². The van der Waals surface area contributed by atoms with Crippen molar-refractivity contribution in [2.75, 3.05) is 13.1 Å². The van der Waals surface area contributed by atoms with E-state index in [1.807, 2.05) is 12.1 Å². The Labute approximate surface area is 84.1 Å². The lowest BCUT2D eigenvalue weighted by Gasteiger charge is -2.14. The Kier molecular flexibility index (Phi) is 2.56. The van der Waals surface area contributed by atoms with Crippen molar-refractivity contribution >= 4 is 11.6 Å². The Hall–Kier alpha value is -0.530. The zero-order valence-electron chi connectivity index (χ0n) is 7.76. The molecule has 1 saturated heterocycles. The van der Waals surface area contributed by atoms with Crippen molar-refractivity contribution in [1.82, 2.24) is 5.32 Å². The van der Waals surface area contributed by atoms with Gasteiger partial charge in [-0.15, -0.1) is 0 Å². The van der Waals surface area contributed by atoms with Crippen LogP contribution in [-0.4, -0.2) is 13.1 Å². The van der Waals surface area contributed by atoms with E-state index >= 15 is 0 Å². The molecule has 1 nitrogen and oxygen atoms in total. The predicted molar refractivity (Wildman–Crippen MR) is 56.2 cm³/mol. The van der Waals surface area contributed by atoms with Gasteiger partial charge in [-0.3, -0.25) is 0 Å². The number of rotatable bonds is 1. The second-order valence-corrected chi connectivity index (χ2v) is 4.23. The maximum Gasteiger partial charge on any atom is 0.0406 e. The molecule has 1 N–H and O–H groups in total. The average molecular weight is 196 g/mol. The summed E-state index contributed by atoms with van der Waals surface area (Å²) in [6.45, 7) is 4.52. The van der Waals surface area contributed by atoms with Crippen molar-refractivity contribution in [3.8, 4) is 0 Å². The summed E-state index contributed by atoms with van der Waals surface area (Å²) < 4.78 is 0. The SMILES string of the molecule is C[C@@H]1CNC[C@H]1c1ccc(Cl)cc1. The summed E-state index contributed by atoms with van der Waals surface area (Å²) in [6.07, 6.45) is 0. The summed E-state index contributed by atoms with van der Waals surface area (Å²) in [5, 5.41) is 4.22. The number of hydrogen-bond acceptors (Lipinski definition) is 1. The van der Waals surface area contributed by atoms with Crippen LogP contribution in [0.5, 0.6) is 0 Å². The van der Waals surface area contributed by atoms with Crippen molar-refractivity contribution < 1.29 is 0 Å². The Morgan fingerprint density at radius 1 is 1.23 bits per heavy atom. The van der Waals surface area contributed by atoms with Crippen LogP contribution in [0.4, 0.5) is 0 Å². The van der Waals surface area contributed by atoms with Crippen LogP contribution in [0.3, 0.4) is 0 Å². The number of benzene rings is 1. The molecule has 1 heterocycles. The molecule has 0 aromatic heterocycles. The highest BCUT2D eigenvalue weighted by Crippen LogP contribution is 2.28. The Morgan fingerprint density at radius 2 is 1.92 bits per heavy atom. The highest BCUT2D eigenvalue weighted by atomic mass is 35.5. The van der Waals surface area contributed by atoms with Crippen molar-refractivity contribution in [2.24, 2.45) is 5.92 Å². The standard InChI is InChI=1S/C11H14ClN/c1-8-6-13-7-11(8)9-2-4-10(12)5-3-9/h2-5,8,11,13H,6-7H2,1H3/t8-,11-/m1/s1. The largest absolute Gasteiger partial charge is 0.316 e. The molecule has 0 aliphatic carbocycles. The lowest BCUT2D eigenvalue weighted by molar-refractivity contribution is 0.572. The second-order valence-electron chi connectivity index (χ2n) is 3.79. The molecule has 1 aliphatic rings. The van der Waals surface area contributed by atoms with E-state index in [4.69, 9.17) is 11.6 Å². The van der Waals surface area contributed by atoms with E-state index in [2.05, 4.69) is 24.4 Å². The maximum atomic E-state index is 5.84. The predicted octanol–water partition coefficient (Wildman–Crippen LogP) is 2.66. The van der Waals surface area contributed by atoms with Gasteiger partial charge in [0.15, 0.2) is 0 Å². The lowest BCUT2D eigenvalue weighted by Crippen LogP contribution is -2.07. The number of halogens is 1. The van der Waals surface area contributed by atoms with Crippen LogP contribution < -0.4 is 5.32 Å². The van der Waals surface area contributed by atoms with E-state index in [1.54, 1.807) is 0 Å². The van der Waals surface area contributed by atoms with Gasteiger partial charge in [0.05, 0.1) is 0 Å². The summed E-state index contributed by atoms with van der Waals surface area (Å²) in [5.74, 6) is 1.40. The van der Waals surface area contributed by atoms with Gasteiger partial charge < -0.3 is 5.32 Å². The minimum atomic E-state index is 0.664. The summed E-state index contributed by atoms with van der Waals surface area (Å²) in [5.41, 5.74) is 1.40. The first-order valence-corrected chi connectivity index (χ1v) is 5.11. The third-order valence-corrected chi connectivity index (χ3v) is 3.07. The summed E-state index contributed by atoms with van der Waals surface area (Å²) in [4.78, 5) is 0. The third kappa shape index (κ3) is 1.87. The molecule has 1 fully saturated rings. The van der Waals surface area contributed by atoms with E-state index in [0.717, 1.165) is 24.0 Å². The first-order valence-electron chi connectivity index (χ1n) is 4.73. The molecule has 0 radical (unpaired) electrons. The van der Waals surface area contributed by atoms with E-state index in [9.17, 15) is 0 Å². The Morgan fingerprint density at radius 3 is 2.46 bits per heavy atom. The van der Waals surface area contributed by atoms with Crippen molar-refractivity contribution in [3.63, 3.8) is 0 Å². The van der Waals surface area contributed by atoms with E-state index in [-0.39, 0.29) is 0 Å². The zero-order chi connectivity index (χ0) is 9.26. The fraction of sp³-hybridized carbons (Fsp3) is 0.455. The normalized spacial score (nSPS) is 27.8. The number of hydrogen-bond donors (Lipinski definition) is 1. The van der Waals surface area contributed by atoms with Gasteiger partial charge >= 0.3 is 0 Å². The van der Waals surface area contributed by atoms with Gasteiger partial charge in [0, 0.05) is 17.5 Å². The molecule has 0 bridgehead atoms. The molecular formula is C11H14ClN. The molecular weight excluding hydrogens is 182 g/mol. The van der Waals surface area contributed by atoms with Crippen LogP contribution in [0.1, 0.15) is 18.4 Å². The minimum Gasteiger partial charge on any atom is -0.316 e. The molecule has 2 heteroatoms. The Balaban J connectivity index is 2.20. The zero-order valence-corrected chi connectivity index (χ0v) is 8.51. The molecule has 2 rings (SSSR count). The fourth-order valence-corrected chi connectivity index (χ4v) is 2.09. The van der Waals surface area contributed by atoms with Gasteiger partial charge in [-0.05, 0) is 30.2 Å². The fourth-order valence-electron chi connectivity index (χ4n) is 1.97. The van der Waals surface area contributed by atoms with Gasteiger partial charge in [-0.1, -0.05) is 30.7 Å². The van der Waals surface area contributed by atoms with Crippen LogP contribution >= 0.6 is 11.6 Å². The first kappa shape index (κ1) is 9.04. The molecule has 0 saturated carbocycles. The van der Waals surface area contributed by atoms with Crippen LogP contribution in [0.15, 0.2) is 24.3 Å². The van der Waals surface area contributed by atoms with Gasteiger partial charge in [-0.2, -0.15) is 0 Å². The topological polar surface area (TPSA) is 12.0 Å².